The van der Waals surface area contributed by atoms with E-state index >= 15 is 0 Å². The van der Waals surface area contributed by atoms with Crippen LogP contribution in [-0.2, 0) is 4.79 Å². The number of carboxylic acid groups (broad SMARTS) is 1. The molecule has 0 saturated heterocycles. The molecular formula is C14H11N3O3. The van der Waals surface area contributed by atoms with Crippen LogP contribution in [0.25, 0.3) is 6.08 Å². The molecule has 2 aromatic rings. The van der Waals surface area contributed by atoms with E-state index in [1.54, 1.807) is 24.3 Å². The van der Waals surface area contributed by atoms with Gasteiger partial charge >= 0.3 is 5.97 Å². The molecule has 0 aliphatic carbocycles. The van der Waals surface area contributed by atoms with Gasteiger partial charge in [-0.3, -0.25) is 9.78 Å². The van der Waals surface area contributed by atoms with Gasteiger partial charge in [0.2, 0.25) is 0 Å². The van der Waals surface area contributed by atoms with Gasteiger partial charge in [-0.05, 0) is 23.8 Å². The van der Waals surface area contributed by atoms with Crippen molar-refractivity contribution in [1.82, 2.24) is 9.97 Å². The Morgan fingerprint density at radius 2 is 1.90 bits per heavy atom. The molecule has 0 unspecified atom stereocenters. The molecule has 2 N–H and O–H groups in total. The van der Waals surface area contributed by atoms with Gasteiger partial charge in [-0.1, -0.05) is 12.1 Å². The van der Waals surface area contributed by atoms with Crippen molar-refractivity contribution in [3.63, 3.8) is 0 Å². The maximum atomic E-state index is 11.8. The lowest BCUT2D eigenvalue weighted by atomic mass is 10.2. The molecule has 0 fully saturated rings. The van der Waals surface area contributed by atoms with E-state index in [0.29, 0.717) is 5.69 Å². The minimum atomic E-state index is -1.01. The van der Waals surface area contributed by atoms with Crippen molar-refractivity contribution in [1.29, 1.82) is 0 Å². The smallest absolute Gasteiger partial charge is 0.328 e. The summed E-state index contributed by atoms with van der Waals surface area (Å²) in [4.78, 5) is 29.9. The van der Waals surface area contributed by atoms with Crippen molar-refractivity contribution in [2.24, 2.45) is 0 Å². The van der Waals surface area contributed by atoms with Gasteiger partial charge in [0.25, 0.3) is 5.91 Å². The minimum Gasteiger partial charge on any atom is -0.478 e. The summed E-state index contributed by atoms with van der Waals surface area (Å²) in [7, 11) is 0. The molecule has 6 heteroatoms. The molecule has 20 heavy (non-hydrogen) atoms. The summed E-state index contributed by atoms with van der Waals surface area (Å²) in [5.74, 6) is -1.36. The van der Waals surface area contributed by atoms with Crippen LogP contribution in [0, 0.1) is 0 Å². The van der Waals surface area contributed by atoms with Crippen molar-refractivity contribution in [3.05, 3.63) is 60.2 Å². The van der Waals surface area contributed by atoms with E-state index in [1.165, 1.54) is 24.7 Å². The van der Waals surface area contributed by atoms with Crippen LogP contribution in [0.3, 0.4) is 0 Å². The number of hydrogen-bond donors (Lipinski definition) is 2. The maximum Gasteiger partial charge on any atom is 0.328 e. The molecule has 1 aromatic carbocycles. The van der Waals surface area contributed by atoms with Gasteiger partial charge in [-0.15, -0.1) is 0 Å². The van der Waals surface area contributed by atoms with Gasteiger partial charge < -0.3 is 10.4 Å². The van der Waals surface area contributed by atoms with Crippen LogP contribution >= 0.6 is 0 Å². The van der Waals surface area contributed by atoms with E-state index in [0.717, 1.165) is 11.6 Å². The molecule has 2 rings (SSSR count). The zero-order valence-corrected chi connectivity index (χ0v) is 10.4. The van der Waals surface area contributed by atoms with Crippen molar-refractivity contribution in [2.75, 3.05) is 5.32 Å². The van der Waals surface area contributed by atoms with Gasteiger partial charge in [0.15, 0.2) is 0 Å². The van der Waals surface area contributed by atoms with Crippen LogP contribution in [0.4, 0.5) is 5.69 Å². The Balaban J connectivity index is 2.04. The third kappa shape index (κ3) is 3.74. The molecule has 6 nitrogen and oxygen atoms in total. The van der Waals surface area contributed by atoms with Crippen molar-refractivity contribution >= 4 is 23.6 Å². The number of carbonyl (C=O) groups is 2. The maximum absolute atomic E-state index is 11.8. The summed E-state index contributed by atoms with van der Waals surface area (Å²) in [5.41, 5.74) is 1.54. The number of carboxylic acids is 1. The first-order valence-electron chi connectivity index (χ1n) is 5.73. The summed E-state index contributed by atoms with van der Waals surface area (Å²) >= 11 is 0. The zero-order valence-electron chi connectivity index (χ0n) is 10.4. The standard InChI is InChI=1S/C14H11N3O3/c18-13(19)6-3-10-1-4-11(5-2-10)17-14(20)12-9-15-7-8-16-12/h1-9H,(H,17,20)(H,18,19)/b6-3+. The second kappa shape index (κ2) is 6.24. The Morgan fingerprint density at radius 1 is 1.15 bits per heavy atom. The molecule has 1 aromatic heterocycles. The molecule has 0 bridgehead atoms. The van der Waals surface area contributed by atoms with E-state index in [9.17, 15) is 9.59 Å². The molecule has 0 atom stereocenters. The first kappa shape index (κ1) is 13.4. The Bertz CT molecular complexity index is 636. The highest BCUT2D eigenvalue weighted by Gasteiger charge is 2.06. The SMILES string of the molecule is O=C(O)/C=C/c1ccc(NC(=O)c2cnccn2)cc1. The second-order valence-electron chi connectivity index (χ2n) is 3.84. The molecular weight excluding hydrogens is 258 g/mol. The van der Waals surface area contributed by atoms with E-state index in [1.807, 2.05) is 0 Å². The second-order valence-corrected chi connectivity index (χ2v) is 3.84. The van der Waals surface area contributed by atoms with Crippen LogP contribution in [0.5, 0.6) is 0 Å². The van der Waals surface area contributed by atoms with E-state index in [2.05, 4.69) is 15.3 Å². The van der Waals surface area contributed by atoms with Gasteiger partial charge in [0, 0.05) is 24.2 Å². The monoisotopic (exact) mass is 269 g/mol. The fraction of sp³-hybridized carbons (Fsp3) is 0. The van der Waals surface area contributed by atoms with E-state index in [-0.39, 0.29) is 11.6 Å². The number of nitrogens with zero attached hydrogens (tertiary/aromatic N) is 2. The summed E-state index contributed by atoms with van der Waals surface area (Å²) in [6.45, 7) is 0. The van der Waals surface area contributed by atoms with Gasteiger partial charge in [0.1, 0.15) is 5.69 Å². The number of aliphatic carboxylic acids is 1. The fourth-order valence-corrected chi connectivity index (χ4v) is 1.46. The highest BCUT2D eigenvalue weighted by Crippen LogP contribution is 2.11. The first-order valence-corrected chi connectivity index (χ1v) is 5.73. The molecule has 1 heterocycles. The Morgan fingerprint density at radius 3 is 2.50 bits per heavy atom. The molecule has 1 amide bonds. The number of hydrogen-bond acceptors (Lipinski definition) is 4. The lowest BCUT2D eigenvalue weighted by Crippen LogP contribution is -2.13. The van der Waals surface area contributed by atoms with Crippen LogP contribution < -0.4 is 5.32 Å². The molecule has 0 aliphatic heterocycles. The molecule has 100 valence electrons. The van der Waals surface area contributed by atoms with Gasteiger partial charge in [-0.25, -0.2) is 9.78 Å². The predicted molar refractivity (Wildman–Crippen MR) is 73.1 cm³/mol. The third-order valence-corrected chi connectivity index (χ3v) is 2.38. The van der Waals surface area contributed by atoms with Gasteiger partial charge in [0.05, 0.1) is 6.20 Å². The largest absolute Gasteiger partial charge is 0.478 e. The average Bonchev–Trinajstić information content (AvgIpc) is 2.47. The number of anilines is 1. The quantitative estimate of drug-likeness (QED) is 0.826. The van der Waals surface area contributed by atoms with E-state index in [4.69, 9.17) is 5.11 Å². The zero-order chi connectivity index (χ0) is 14.4. The molecule has 0 radical (unpaired) electrons. The topological polar surface area (TPSA) is 92.2 Å². The van der Waals surface area contributed by atoms with Crippen molar-refractivity contribution < 1.29 is 14.7 Å². The van der Waals surface area contributed by atoms with Crippen molar-refractivity contribution in [2.45, 2.75) is 0 Å². The van der Waals surface area contributed by atoms with Gasteiger partial charge in [-0.2, -0.15) is 0 Å². The minimum absolute atomic E-state index is 0.224. The first-order chi connectivity index (χ1) is 9.65. The summed E-state index contributed by atoms with van der Waals surface area (Å²) in [6, 6.07) is 6.75. The summed E-state index contributed by atoms with van der Waals surface area (Å²) in [6.07, 6.45) is 6.82. The predicted octanol–water partition coefficient (Wildman–Crippen LogP) is 1.83. The molecule has 0 spiro atoms. The highest BCUT2D eigenvalue weighted by atomic mass is 16.4. The average molecular weight is 269 g/mol. The number of aromatic nitrogens is 2. The Hall–Kier alpha value is -3.02. The Labute approximate surface area is 114 Å². The van der Waals surface area contributed by atoms with Crippen LogP contribution in [0.2, 0.25) is 0 Å². The Kier molecular flexibility index (Phi) is 4.18. The van der Waals surface area contributed by atoms with Crippen LogP contribution in [-0.4, -0.2) is 27.0 Å². The van der Waals surface area contributed by atoms with Crippen LogP contribution in [0.1, 0.15) is 16.1 Å². The number of carbonyl (C=O) groups excluding carboxylic acids is 1. The lowest BCUT2D eigenvalue weighted by Gasteiger charge is -2.04. The van der Waals surface area contributed by atoms with E-state index < -0.39 is 5.97 Å². The normalized spacial score (nSPS) is 10.4. The van der Waals surface area contributed by atoms with Crippen molar-refractivity contribution in [3.8, 4) is 0 Å². The number of nitrogens with one attached hydrogen (secondary N) is 1. The number of rotatable bonds is 4. The fourth-order valence-electron chi connectivity index (χ4n) is 1.46. The number of benzene rings is 1. The molecule has 0 aliphatic rings. The number of amides is 1. The lowest BCUT2D eigenvalue weighted by molar-refractivity contribution is -0.131. The third-order valence-electron chi connectivity index (χ3n) is 2.38. The highest BCUT2D eigenvalue weighted by molar-refractivity contribution is 6.02. The molecule has 0 saturated carbocycles. The summed E-state index contributed by atoms with van der Waals surface area (Å²) < 4.78 is 0. The summed E-state index contributed by atoms with van der Waals surface area (Å²) in [5, 5.41) is 11.2. The van der Waals surface area contributed by atoms with Crippen LogP contribution in [0.15, 0.2) is 48.9 Å².